The molecule has 182 valence electrons. The van der Waals surface area contributed by atoms with Gasteiger partial charge in [0.15, 0.2) is 0 Å². The van der Waals surface area contributed by atoms with Crippen molar-refractivity contribution in [3.63, 3.8) is 0 Å². The van der Waals surface area contributed by atoms with E-state index in [1.165, 1.54) is 12.1 Å². The fourth-order valence-corrected chi connectivity index (χ4v) is 6.39. The Morgan fingerprint density at radius 3 is 2.68 bits per heavy atom. The van der Waals surface area contributed by atoms with Gasteiger partial charge in [0.2, 0.25) is 5.76 Å². The number of sulfonamides is 1. The third-order valence-corrected chi connectivity index (χ3v) is 8.63. The van der Waals surface area contributed by atoms with Crippen molar-refractivity contribution in [1.29, 1.82) is 0 Å². The number of aryl methyl sites for hydroxylation is 1. The summed E-state index contributed by atoms with van der Waals surface area (Å²) in [4.78, 5) is 12.2. The minimum atomic E-state index is -4.73. The Bertz CT molecular complexity index is 1320. The summed E-state index contributed by atoms with van der Waals surface area (Å²) in [6, 6.07) is 10.2. The number of carboxylic acid groups (broad SMARTS) is 1. The molecule has 0 radical (unpaired) electrons. The van der Waals surface area contributed by atoms with Crippen LogP contribution in [0.15, 0.2) is 51.2 Å². The van der Waals surface area contributed by atoms with Crippen LogP contribution in [0, 0.1) is 0 Å². The molecule has 0 amide bonds. The Labute approximate surface area is 196 Å². The zero-order valence-corrected chi connectivity index (χ0v) is 19.0. The molecule has 1 aromatic carbocycles. The highest BCUT2D eigenvalue weighted by atomic mass is 32.2. The molecular formula is C21H19F3N2O6S2. The Hall–Kier alpha value is -2.74. The van der Waals surface area contributed by atoms with Gasteiger partial charge >= 0.3 is 12.1 Å². The molecule has 2 atom stereocenters. The average molecular weight is 517 g/mol. The van der Waals surface area contributed by atoms with Gasteiger partial charge in [0.1, 0.15) is 15.4 Å². The van der Waals surface area contributed by atoms with Crippen LogP contribution in [0.1, 0.15) is 35.6 Å². The summed E-state index contributed by atoms with van der Waals surface area (Å²) >= 11 is 0.649. The van der Waals surface area contributed by atoms with Gasteiger partial charge in [0.05, 0.1) is 4.88 Å². The largest absolute Gasteiger partial charge is 0.480 e. The maximum Gasteiger partial charge on any atom is 0.452 e. The molecule has 4 rings (SSSR count). The van der Waals surface area contributed by atoms with Crippen molar-refractivity contribution < 1.29 is 41.1 Å². The lowest BCUT2D eigenvalue weighted by molar-refractivity contribution is -0.155. The molecule has 3 aromatic rings. The maximum absolute atomic E-state index is 13.0. The summed E-state index contributed by atoms with van der Waals surface area (Å²) in [5, 5.41) is 22.2. The Morgan fingerprint density at radius 2 is 2.03 bits per heavy atom. The van der Waals surface area contributed by atoms with E-state index in [0.717, 1.165) is 5.56 Å². The SMILES string of the molecule is O=C(O)[C@@]1(NS(=O)(=O)c2ccc(-c3cc(C(F)(F)F)on3)s2)C[C@H]1c1cccc(CCCO)c1. The van der Waals surface area contributed by atoms with Crippen LogP contribution in [0.25, 0.3) is 10.6 Å². The summed E-state index contributed by atoms with van der Waals surface area (Å²) in [6.45, 7) is 0.0151. The van der Waals surface area contributed by atoms with E-state index >= 15 is 0 Å². The van der Waals surface area contributed by atoms with Gasteiger partial charge < -0.3 is 14.7 Å². The lowest BCUT2D eigenvalue weighted by Gasteiger charge is -2.15. The van der Waals surface area contributed by atoms with Crippen LogP contribution in [-0.2, 0) is 27.4 Å². The monoisotopic (exact) mass is 516 g/mol. The number of benzene rings is 1. The number of nitrogens with zero attached hydrogens (tertiary/aromatic N) is 1. The van der Waals surface area contributed by atoms with Crippen LogP contribution in [0.3, 0.4) is 0 Å². The number of hydrogen-bond donors (Lipinski definition) is 3. The molecule has 13 heteroatoms. The van der Waals surface area contributed by atoms with Crippen molar-refractivity contribution in [2.45, 2.75) is 41.1 Å². The van der Waals surface area contributed by atoms with Gasteiger partial charge in [-0.25, -0.2) is 8.42 Å². The minimum absolute atomic E-state index is 0.0151. The van der Waals surface area contributed by atoms with E-state index in [-0.39, 0.29) is 27.8 Å². The van der Waals surface area contributed by atoms with Crippen LogP contribution in [0.5, 0.6) is 0 Å². The second kappa shape index (κ2) is 8.80. The number of rotatable bonds is 9. The molecule has 0 aliphatic heterocycles. The molecule has 0 unspecified atom stereocenters. The predicted molar refractivity (Wildman–Crippen MR) is 115 cm³/mol. The first-order chi connectivity index (χ1) is 16.0. The first-order valence-electron chi connectivity index (χ1n) is 10.1. The highest BCUT2D eigenvalue weighted by Crippen LogP contribution is 2.53. The first-order valence-corrected chi connectivity index (χ1v) is 12.4. The number of hydrogen-bond acceptors (Lipinski definition) is 7. The van der Waals surface area contributed by atoms with Crippen LogP contribution in [0.4, 0.5) is 13.2 Å². The number of carboxylic acids is 1. The van der Waals surface area contributed by atoms with E-state index in [1.54, 1.807) is 18.2 Å². The minimum Gasteiger partial charge on any atom is -0.480 e. The molecule has 3 N–H and O–H groups in total. The molecule has 34 heavy (non-hydrogen) atoms. The van der Waals surface area contributed by atoms with Gasteiger partial charge in [0.25, 0.3) is 10.0 Å². The number of aliphatic hydroxyl groups is 1. The van der Waals surface area contributed by atoms with Crippen LogP contribution < -0.4 is 4.72 Å². The van der Waals surface area contributed by atoms with E-state index in [4.69, 9.17) is 5.11 Å². The van der Waals surface area contributed by atoms with Gasteiger partial charge in [-0.2, -0.15) is 17.9 Å². The lowest BCUT2D eigenvalue weighted by atomic mass is 10.0. The zero-order valence-electron chi connectivity index (χ0n) is 17.4. The van der Waals surface area contributed by atoms with Crippen LogP contribution >= 0.6 is 11.3 Å². The van der Waals surface area contributed by atoms with Crippen molar-refractivity contribution in [2.24, 2.45) is 0 Å². The van der Waals surface area contributed by atoms with E-state index in [2.05, 4.69) is 14.4 Å². The summed E-state index contributed by atoms with van der Waals surface area (Å²) in [7, 11) is -4.30. The number of nitrogens with one attached hydrogen (secondary N) is 1. The summed E-state index contributed by atoms with van der Waals surface area (Å²) in [5.74, 6) is -3.24. The molecule has 1 aliphatic carbocycles. The lowest BCUT2D eigenvalue weighted by Crippen LogP contribution is -2.44. The second-order valence-electron chi connectivity index (χ2n) is 7.90. The van der Waals surface area contributed by atoms with E-state index in [0.29, 0.717) is 35.8 Å². The Kier molecular flexibility index (Phi) is 6.31. The molecule has 1 aliphatic rings. The number of carbonyl (C=O) groups is 1. The maximum atomic E-state index is 13.0. The fourth-order valence-electron chi connectivity index (χ4n) is 3.72. The van der Waals surface area contributed by atoms with Gasteiger partial charge in [-0.3, -0.25) is 4.79 Å². The summed E-state index contributed by atoms with van der Waals surface area (Å²) < 4.78 is 70.5. The number of halogens is 3. The topological polar surface area (TPSA) is 130 Å². The van der Waals surface area contributed by atoms with E-state index in [1.807, 2.05) is 6.07 Å². The van der Waals surface area contributed by atoms with Crippen LogP contribution in [0.2, 0.25) is 0 Å². The van der Waals surface area contributed by atoms with Crippen LogP contribution in [-0.4, -0.2) is 41.9 Å². The molecule has 2 aromatic heterocycles. The molecule has 8 nitrogen and oxygen atoms in total. The molecule has 0 saturated heterocycles. The van der Waals surface area contributed by atoms with Gasteiger partial charge in [0, 0.05) is 18.6 Å². The van der Waals surface area contributed by atoms with Gasteiger partial charge in [-0.05, 0) is 42.5 Å². The van der Waals surface area contributed by atoms with E-state index in [9.17, 15) is 31.5 Å². The highest BCUT2D eigenvalue weighted by molar-refractivity contribution is 7.91. The standard InChI is InChI=1S/C21H19F3N2O6S2/c22-21(23,24)17-10-15(25-32-17)16-6-7-18(33-16)34(30,31)26-20(19(28)29)11-14(20)13-5-1-3-12(9-13)4-2-8-27/h1,3,5-7,9-10,14,26-27H,2,4,8,11H2,(H,28,29)/t14-,20+/m0/s1. The van der Waals surface area contributed by atoms with Gasteiger partial charge in [-0.1, -0.05) is 29.4 Å². The van der Waals surface area contributed by atoms with Crippen molar-refractivity contribution in [3.8, 4) is 10.6 Å². The number of aliphatic carboxylic acids is 1. The molecule has 0 bridgehead atoms. The molecule has 2 heterocycles. The van der Waals surface area contributed by atoms with Crippen molar-refractivity contribution in [3.05, 3.63) is 59.4 Å². The molecule has 1 saturated carbocycles. The number of alkyl halides is 3. The highest BCUT2D eigenvalue weighted by Gasteiger charge is 2.63. The predicted octanol–water partition coefficient (Wildman–Crippen LogP) is 3.64. The van der Waals surface area contributed by atoms with Gasteiger partial charge in [-0.15, -0.1) is 11.3 Å². The Balaban J connectivity index is 1.55. The Morgan fingerprint density at radius 1 is 1.26 bits per heavy atom. The zero-order chi connectivity index (χ0) is 24.7. The molecule has 1 fully saturated rings. The fraction of sp³-hybridized carbons (Fsp3) is 0.333. The van der Waals surface area contributed by atoms with Crippen molar-refractivity contribution >= 4 is 27.3 Å². The van der Waals surface area contributed by atoms with Crippen molar-refractivity contribution in [2.75, 3.05) is 6.61 Å². The number of aliphatic hydroxyl groups excluding tert-OH is 1. The smallest absolute Gasteiger partial charge is 0.452 e. The third-order valence-electron chi connectivity index (χ3n) is 5.52. The first kappa shape index (κ1) is 24.4. The summed E-state index contributed by atoms with van der Waals surface area (Å²) in [6.07, 6.45) is -3.55. The molecular weight excluding hydrogens is 497 g/mol. The normalized spacial score (nSPS) is 20.4. The average Bonchev–Trinajstić information content (AvgIpc) is 3.13. The second-order valence-corrected chi connectivity index (χ2v) is 10.9. The van der Waals surface area contributed by atoms with Crippen molar-refractivity contribution in [1.82, 2.24) is 9.88 Å². The quantitative estimate of drug-likeness (QED) is 0.396. The van der Waals surface area contributed by atoms with E-state index < -0.39 is 39.4 Å². The number of aromatic nitrogens is 1. The third kappa shape index (κ3) is 4.73. The summed E-state index contributed by atoms with van der Waals surface area (Å²) in [5.41, 5.74) is -0.365. The number of thiophene rings is 1. The molecule has 0 spiro atoms.